The number of hydrogen-bond donors (Lipinski definition) is 1. The maximum absolute atomic E-state index is 12.8. The molecule has 0 saturated carbocycles. The number of likely N-dealkylation sites (N-methyl/N-ethyl adjacent to an activating group) is 1. The Hall–Kier alpha value is -2.04. The Labute approximate surface area is 174 Å². The second-order valence-electron chi connectivity index (χ2n) is 8.13. The topological polar surface area (TPSA) is 86.1 Å². The quantitative estimate of drug-likeness (QED) is 0.749. The number of carbonyl (C=O) groups is 1. The first-order chi connectivity index (χ1) is 14.0. The monoisotopic (exact) mass is 419 g/mol. The number of carbonyl (C=O) groups excluding carboxylic acids is 1. The largest absolute Gasteiger partial charge is 0.349 e. The third-order valence-electron chi connectivity index (χ3n) is 5.84. The molecule has 9 nitrogen and oxygen atoms in total. The maximum atomic E-state index is 12.8. The molecule has 1 amide bonds. The molecular weight excluding hydrogens is 390 g/mol. The van der Waals surface area contributed by atoms with E-state index in [0.29, 0.717) is 11.5 Å². The number of aromatic nitrogens is 3. The first-order valence-electron chi connectivity index (χ1n) is 10.3. The zero-order chi connectivity index (χ0) is 20.4. The minimum absolute atomic E-state index is 0.256. The maximum Gasteiger partial charge on any atom is 0.274 e. The van der Waals surface area contributed by atoms with Gasteiger partial charge >= 0.3 is 0 Å². The standard InChI is InChI=1S/C19H29N7O2S/c1-14-3-6-25(7-4-14)19-22-26-15(13-16(27)21-18(26)29-19)17(28)20-5-8-24-11-9-23(2)10-12-24/h13-14H,3-12H2,1-2H3,(H,20,28). The van der Waals surface area contributed by atoms with Crippen LogP contribution in [-0.4, -0.2) is 89.7 Å². The Morgan fingerprint density at radius 1 is 1.21 bits per heavy atom. The van der Waals surface area contributed by atoms with Gasteiger partial charge < -0.3 is 15.1 Å². The van der Waals surface area contributed by atoms with Crippen molar-refractivity contribution in [2.24, 2.45) is 5.92 Å². The van der Waals surface area contributed by atoms with E-state index >= 15 is 0 Å². The Balaban J connectivity index is 1.44. The summed E-state index contributed by atoms with van der Waals surface area (Å²) in [6.45, 7) is 9.61. The van der Waals surface area contributed by atoms with Gasteiger partial charge in [0.25, 0.3) is 11.5 Å². The number of nitrogens with one attached hydrogen (secondary N) is 1. The van der Waals surface area contributed by atoms with Crippen molar-refractivity contribution in [1.29, 1.82) is 0 Å². The van der Waals surface area contributed by atoms with E-state index in [1.54, 1.807) is 0 Å². The summed E-state index contributed by atoms with van der Waals surface area (Å²) in [5.41, 5.74) is -0.150. The molecule has 0 unspecified atom stereocenters. The molecule has 0 aliphatic carbocycles. The van der Waals surface area contributed by atoms with Crippen molar-refractivity contribution in [2.45, 2.75) is 19.8 Å². The van der Waals surface area contributed by atoms with Crippen LogP contribution in [0, 0.1) is 5.92 Å². The molecule has 29 heavy (non-hydrogen) atoms. The van der Waals surface area contributed by atoms with Crippen molar-refractivity contribution in [3.05, 3.63) is 22.1 Å². The summed E-state index contributed by atoms with van der Waals surface area (Å²) < 4.78 is 1.52. The van der Waals surface area contributed by atoms with Crippen molar-refractivity contribution < 1.29 is 4.79 Å². The fraction of sp³-hybridized carbons (Fsp3) is 0.684. The van der Waals surface area contributed by atoms with Gasteiger partial charge in [-0.15, -0.1) is 5.10 Å². The molecule has 2 aliphatic rings. The number of hydrogen-bond acceptors (Lipinski definition) is 8. The molecule has 1 N–H and O–H groups in total. The Morgan fingerprint density at radius 3 is 2.66 bits per heavy atom. The molecule has 158 valence electrons. The minimum Gasteiger partial charge on any atom is -0.349 e. The highest BCUT2D eigenvalue weighted by Crippen LogP contribution is 2.27. The molecule has 2 aromatic heterocycles. The summed E-state index contributed by atoms with van der Waals surface area (Å²) in [6, 6.07) is 1.28. The number of rotatable bonds is 5. The molecule has 0 aromatic carbocycles. The van der Waals surface area contributed by atoms with E-state index in [1.807, 2.05) is 0 Å². The van der Waals surface area contributed by atoms with Crippen molar-refractivity contribution in [1.82, 2.24) is 29.7 Å². The average Bonchev–Trinajstić information content (AvgIpc) is 3.13. The molecule has 2 aromatic rings. The van der Waals surface area contributed by atoms with Crippen LogP contribution in [0.3, 0.4) is 0 Å². The third-order valence-corrected chi connectivity index (χ3v) is 6.81. The van der Waals surface area contributed by atoms with Crippen molar-refractivity contribution >= 4 is 27.3 Å². The average molecular weight is 420 g/mol. The van der Waals surface area contributed by atoms with Gasteiger partial charge in [0.05, 0.1) is 0 Å². The van der Waals surface area contributed by atoms with Crippen molar-refractivity contribution in [2.75, 3.05) is 64.3 Å². The number of fused-ring (bicyclic) bond motifs is 1. The highest BCUT2D eigenvalue weighted by Gasteiger charge is 2.22. The molecule has 0 bridgehead atoms. The van der Waals surface area contributed by atoms with Crippen LogP contribution >= 0.6 is 11.3 Å². The smallest absolute Gasteiger partial charge is 0.274 e. The predicted molar refractivity (Wildman–Crippen MR) is 114 cm³/mol. The molecule has 2 saturated heterocycles. The molecular formula is C19H29N7O2S. The van der Waals surface area contributed by atoms with Crippen LogP contribution in [-0.2, 0) is 0 Å². The summed E-state index contributed by atoms with van der Waals surface area (Å²) in [5, 5.41) is 8.37. The van der Waals surface area contributed by atoms with E-state index in [-0.39, 0.29) is 11.6 Å². The lowest BCUT2D eigenvalue weighted by Gasteiger charge is -2.32. The van der Waals surface area contributed by atoms with Crippen LogP contribution < -0.4 is 15.8 Å². The van der Waals surface area contributed by atoms with Gasteiger partial charge in [-0.3, -0.25) is 14.5 Å². The van der Waals surface area contributed by atoms with Gasteiger partial charge in [-0.2, -0.15) is 9.50 Å². The lowest BCUT2D eigenvalue weighted by molar-refractivity contribution is 0.0933. The fourth-order valence-electron chi connectivity index (χ4n) is 3.78. The van der Waals surface area contributed by atoms with Gasteiger partial charge in [-0.25, -0.2) is 0 Å². The van der Waals surface area contributed by atoms with Crippen LogP contribution in [0.5, 0.6) is 0 Å². The number of piperazine rings is 1. The minimum atomic E-state index is -0.406. The molecule has 10 heteroatoms. The molecule has 2 fully saturated rings. The van der Waals surface area contributed by atoms with Crippen LogP contribution in [0.1, 0.15) is 30.3 Å². The van der Waals surface area contributed by atoms with Crippen LogP contribution in [0.2, 0.25) is 0 Å². The Kier molecular flexibility index (Phi) is 6.12. The summed E-state index contributed by atoms with van der Waals surface area (Å²) in [4.78, 5) is 36.2. The Morgan fingerprint density at radius 2 is 1.93 bits per heavy atom. The van der Waals surface area contributed by atoms with Gasteiger partial charge in [0.2, 0.25) is 10.1 Å². The summed E-state index contributed by atoms with van der Waals surface area (Å²) >= 11 is 1.37. The summed E-state index contributed by atoms with van der Waals surface area (Å²) in [5.74, 6) is 0.444. The van der Waals surface area contributed by atoms with Crippen molar-refractivity contribution in [3.8, 4) is 0 Å². The first-order valence-corrected chi connectivity index (χ1v) is 11.2. The van der Waals surface area contributed by atoms with Gasteiger partial charge in [0.1, 0.15) is 5.69 Å². The van der Waals surface area contributed by atoms with E-state index in [2.05, 4.69) is 44.1 Å². The highest BCUT2D eigenvalue weighted by molar-refractivity contribution is 7.20. The molecule has 4 heterocycles. The van der Waals surface area contributed by atoms with Gasteiger partial charge in [0, 0.05) is 58.4 Å². The number of amides is 1. The molecule has 0 spiro atoms. The molecule has 0 atom stereocenters. The van der Waals surface area contributed by atoms with Crippen LogP contribution in [0.15, 0.2) is 10.9 Å². The van der Waals surface area contributed by atoms with Gasteiger partial charge in [-0.05, 0) is 25.8 Å². The lowest BCUT2D eigenvalue weighted by atomic mass is 10.00. The van der Waals surface area contributed by atoms with E-state index in [4.69, 9.17) is 0 Å². The SMILES string of the molecule is CC1CCN(c2nn3c(C(=O)NCCN4CCN(C)CC4)cc(=O)nc3s2)CC1. The van der Waals surface area contributed by atoms with Gasteiger partial charge in [-0.1, -0.05) is 18.3 Å². The third kappa shape index (κ3) is 4.76. The van der Waals surface area contributed by atoms with Crippen LogP contribution in [0.25, 0.3) is 4.96 Å². The highest BCUT2D eigenvalue weighted by atomic mass is 32.1. The Bertz CT molecular complexity index is 911. The summed E-state index contributed by atoms with van der Waals surface area (Å²) in [6.07, 6.45) is 2.25. The van der Waals surface area contributed by atoms with Crippen LogP contribution in [0.4, 0.5) is 5.13 Å². The number of piperidine rings is 1. The molecule has 2 aliphatic heterocycles. The second-order valence-corrected chi connectivity index (χ2v) is 9.06. The number of anilines is 1. The predicted octanol–water partition coefficient (Wildman–Crippen LogP) is 0.365. The van der Waals surface area contributed by atoms with Crippen molar-refractivity contribution in [3.63, 3.8) is 0 Å². The van der Waals surface area contributed by atoms with E-state index in [0.717, 1.165) is 69.7 Å². The van der Waals surface area contributed by atoms with E-state index in [1.165, 1.54) is 21.9 Å². The second kappa shape index (κ2) is 8.76. The molecule has 0 radical (unpaired) electrons. The number of nitrogens with zero attached hydrogens (tertiary/aromatic N) is 6. The fourth-order valence-corrected chi connectivity index (χ4v) is 4.74. The lowest BCUT2D eigenvalue weighted by Crippen LogP contribution is -2.47. The first kappa shape index (κ1) is 20.2. The van der Waals surface area contributed by atoms with E-state index in [9.17, 15) is 9.59 Å². The zero-order valence-corrected chi connectivity index (χ0v) is 18.0. The van der Waals surface area contributed by atoms with E-state index < -0.39 is 5.56 Å². The normalized spacial score (nSPS) is 19.7. The molecule has 4 rings (SSSR count). The van der Waals surface area contributed by atoms with Gasteiger partial charge in [0.15, 0.2) is 0 Å². The summed E-state index contributed by atoms with van der Waals surface area (Å²) in [7, 11) is 2.12. The zero-order valence-electron chi connectivity index (χ0n) is 17.1.